The van der Waals surface area contributed by atoms with E-state index in [-0.39, 0.29) is 11.5 Å². The van der Waals surface area contributed by atoms with E-state index in [1.54, 1.807) is 0 Å². The van der Waals surface area contributed by atoms with Gasteiger partial charge in [-0.2, -0.15) is 0 Å². The van der Waals surface area contributed by atoms with Gasteiger partial charge in [-0.3, -0.25) is 9.69 Å². The number of hydrogen-bond acceptors (Lipinski definition) is 3. The number of piperidine rings is 1. The van der Waals surface area contributed by atoms with Crippen LogP contribution in [0.4, 0.5) is 0 Å². The number of likely N-dealkylation sites (tertiary alicyclic amines) is 2. The molecule has 2 heterocycles. The van der Waals surface area contributed by atoms with Crippen LogP contribution in [0.3, 0.4) is 0 Å². The molecule has 2 fully saturated rings. The Labute approximate surface area is 124 Å². The van der Waals surface area contributed by atoms with E-state index in [0.29, 0.717) is 11.9 Å². The van der Waals surface area contributed by atoms with Crippen LogP contribution in [0.1, 0.15) is 40.0 Å². The van der Waals surface area contributed by atoms with Gasteiger partial charge in [0.15, 0.2) is 0 Å². The lowest BCUT2D eigenvalue weighted by atomic mass is 9.93. The number of rotatable bonds is 3. The molecule has 0 radical (unpaired) electrons. The van der Waals surface area contributed by atoms with Crippen LogP contribution in [-0.4, -0.2) is 73.0 Å². The molecule has 0 aromatic carbocycles. The summed E-state index contributed by atoms with van der Waals surface area (Å²) in [5.74, 6) is 0.366. The zero-order valence-electron chi connectivity index (χ0n) is 13.9. The Hall–Kier alpha value is -0.610. The van der Waals surface area contributed by atoms with Crippen LogP contribution < -0.4 is 0 Å². The van der Waals surface area contributed by atoms with Crippen molar-refractivity contribution in [1.82, 2.24) is 14.7 Å². The van der Waals surface area contributed by atoms with Crippen molar-refractivity contribution in [3.05, 3.63) is 0 Å². The Morgan fingerprint density at radius 1 is 1.20 bits per heavy atom. The van der Waals surface area contributed by atoms with E-state index >= 15 is 0 Å². The molecule has 20 heavy (non-hydrogen) atoms. The SMILES string of the molecule is CN(C)[C@H]1CCN([C@H]2CCCN(CC(C)(C)C)C2=O)C1. The van der Waals surface area contributed by atoms with Gasteiger partial charge < -0.3 is 9.80 Å². The second-order valence-corrected chi connectivity index (χ2v) is 7.88. The van der Waals surface area contributed by atoms with Crippen LogP contribution in [0.15, 0.2) is 0 Å². The van der Waals surface area contributed by atoms with Gasteiger partial charge >= 0.3 is 0 Å². The number of carbonyl (C=O) groups is 1. The molecule has 1 amide bonds. The fourth-order valence-corrected chi connectivity index (χ4v) is 3.46. The fraction of sp³-hybridized carbons (Fsp3) is 0.938. The van der Waals surface area contributed by atoms with Gasteiger partial charge in [0, 0.05) is 32.2 Å². The van der Waals surface area contributed by atoms with E-state index in [2.05, 4.69) is 49.6 Å². The Kier molecular flexibility index (Phi) is 4.75. The molecule has 2 rings (SSSR count). The first kappa shape index (κ1) is 15.8. The smallest absolute Gasteiger partial charge is 0.239 e. The summed E-state index contributed by atoms with van der Waals surface area (Å²) >= 11 is 0. The van der Waals surface area contributed by atoms with Gasteiger partial charge in [-0.15, -0.1) is 0 Å². The minimum Gasteiger partial charge on any atom is -0.341 e. The van der Waals surface area contributed by atoms with Crippen LogP contribution >= 0.6 is 0 Å². The first-order valence-electron chi connectivity index (χ1n) is 7.97. The van der Waals surface area contributed by atoms with Crippen molar-refractivity contribution < 1.29 is 4.79 Å². The molecule has 0 unspecified atom stereocenters. The summed E-state index contributed by atoms with van der Waals surface area (Å²) in [6.07, 6.45) is 3.38. The molecule has 0 aromatic heterocycles. The number of amides is 1. The van der Waals surface area contributed by atoms with Crippen LogP contribution in [0.5, 0.6) is 0 Å². The molecule has 116 valence electrons. The lowest BCUT2D eigenvalue weighted by Gasteiger charge is -2.39. The Balaban J connectivity index is 1.97. The number of likely N-dealkylation sites (N-methyl/N-ethyl adjacent to an activating group) is 1. The Bertz CT molecular complexity index is 348. The lowest BCUT2D eigenvalue weighted by molar-refractivity contribution is -0.141. The van der Waals surface area contributed by atoms with Gasteiger partial charge in [-0.25, -0.2) is 0 Å². The van der Waals surface area contributed by atoms with Crippen molar-refractivity contribution in [3.63, 3.8) is 0 Å². The van der Waals surface area contributed by atoms with E-state index in [9.17, 15) is 4.79 Å². The quantitative estimate of drug-likeness (QED) is 0.787. The molecule has 0 N–H and O–H groups in total. The molecule has 4 nitrogen and oxygen atoms in total. The molecule has 0 bridgehead atoms. The summed E-state index contributed by atoms with van der Waals surface area (Å²) < 4.78 is 0. The van der Waals surface area contributed by atoms with E-state index in [1.807, 2.05) is 0 Å². The summed E-state index contributed by atoms with van der Waals surface area (Å²) in [6, 6.07) is 0.747. The van der Waals surface area contributed by atoms with Gasteiger partial charge in [0.05, 0.1) is 6.04 Å². The van der Waals surface area contributed by atoms with Gasteiger partial charge in [-0.05, 0) is 38.8 Å². The Morgan fingerprint density at radius 3 is 2.45 bits per heavy atom. The predicted octanol–water partition coefficient (Wildman–Crippen LogP) is 1.66. The molecule has 2 atom stereocenters. The highest BCUT2D eigenvalue weighted by Crippen LogP contribution is 2.25. The van der Waals surface area contributed by atoms with Crippen molar-refractivity contribution in [3.8, 4) is 0 Å². The minimum absolute atomic E-state index is 0.135. The highest BCUT2D eigenvalue weighted by atomic mass is 16.2. The molecule has 2 aliphatic heterocycles. The normalized spacial score (nSPS) is 29.5. The molecule has 2 aliphatic rings. The highest BCUT2D eigenvalue weighted by Gasteiger charge is 2.38. The largest absolute Gasteiger partial charge is 0.341 e. The second kappa shape index (κ2) is 6.02. The van der Waals surface area contributed by atoms with E-state index < -0.39 is 0 Å². The van der Waals surface area contributed by atoms with Crippen LogP contribution in [0, 0.1) is 5.41 Å². The van der Waals surface area contributed by atoms with Gasteiger partial charge in [0.25, 0.3) is 0 Å². The van der Waals surface area contributed by atoms with Crippen molar-refractivity contribution in [2.45, 2.75) is 52.1 Å². The number of carbonyl (C=O) groups excluding carboxylic acids is 1. The topological polar surface area (TPSA) is 26.8 Å². The summed E-state index contributed by atoms with van der Waals surface area (Å²) in [5, 5.41) is 0. The third kappa shape index (κ3) is 3.73. The molecule has 0 aliphatic carbocycles. The molecule has 0 spiro atoms. The average Bonchev–Trinajstić information content (AvgIpc) is 2.79. The van der Waals surface area contributed by atoms with Crippen molar-refractivity contribution in [1.29, 1.82) is 0 Å². The first-order valence-corrected chi connectivity index (χ1v) is 7.97. The van der Waals surface area contributed by atoms with Crippen molar-refractivity contribution >= 4 is 5.91 Å². The fourth-order valence-electron chi connectivity index (χ4n) is 3.46. The van der Waals surface area contributed by atoms with Crippen molar-refractivity contribution in [2.75, 3.05) is 40.3 Å². The standard InChI is InChI=1S/C16H31N3O/c1-16(2,3)12-19-9-6-7-14(15(19)20)18-10-8-13(11-18)17(4)5/h13-14H,6-12H2,1-5H3/t13-,14-/m0/s1. The average molecular weight is 281 g/mol. The summed E-state index contributed by atoms with van der Waals surface area (Å²) in [5.41, 5.74) is 0.189. The molecule has 0 saturated carbocycles. The number of nitrogens with zero attached hydrogens (tertiary/aromatic N) is 3. The molecular weight excluding hydrogens is 250 g/mol. The number of hydrogen-bond donors (Lipinski definition) is 0. The maximum Gasteiger partial charge on any atom is 0.239 e. The predicted molar refractivity (Wildman–Crippen MR) is 82.7 cm³/mol. The summed E-state index contributed by atoms with van der Waals surface area (Å²) in [4.78, 5) is 19.5. The van der Waals surface area contributed by atoms with Crippen LogP contribution in [0.2, 0.25) is 0 Å². The van der Waals surface area contributed by atoms with E-state index in [1.165, 1.54) is 6.42 Å². The third-order valence-corrected chi connectivity index (χ3v) is 4.53. The maximum atomic E-state index is 12.7. The molecule has 2 saturated heterocycles. The molecule has 0 aromatic rings. The highest BCUT2D eigenvalue weighted by molar-refractivity contribution is 5.82. The first-order chi connectivity index (χ1) is 9.28. The van der Waals surface area contributed by atoms with Gasteiger partial charge in [-0.1, -0.05) is 20.8 Å². The minimum atomic E-state index is 0.135. The molecular formula is C16H31N3O. The van der Waals surface area contributed by atoms with Crippen LogP contribution in [-0.2, 0) is 4.79 Å². The van der Waals surface area contributed by atoms with E-state index in [4.69, 9.17) is 0 Å². The van der Waals surface area contributed by atoms with Crippen molar-refractivity contribution in [2.24, 2.45) is 5.41 Å². The Morgan fingerprint density at radius 2 is 1.90 bits per heavy atom. The van der Waals surface area contributed by atoms with Crippen LogP contribution in [0.25, 0.3) is 0 Å². The zero-order valence-corrected chi connectivity index (χ0v) is 13.9. The third-order valence-electron chi connectivity index (χ3n) is 4.53. The maximum absolute atomic E-state index is 12.7. The van der Waals surface area contributed by atoms with Gasteiger partial charge in [0.2, 0.25) is 5.91 Å². The summed E-state index contributed by atoms with van der Waals surface area (Å²) in [6.45, 7) is 10.6. The molecule has 4 heteroatoms. The van der Waals surface area contributed by atoms with Gasteiger partial charge in [0.1, 0.15) is 0 Å². The lowest BCUT2D eigenvalue weighted by Crippen LogP contribution is -2.53. The monoisotopic (exact) mass is 281 g/mol. The zero-order chi connectivity index (χ0) is 14.9. The van der Waals surface area contributed by atoms with E-state index in [0.717, 1.165) is 39.0 Å². The summed E-state index contributed by atoms with van der Waals surface area (Å²) in [7, 11) is 4.28. The second-order valence-electron chi connectivity index (χ2n) is 7.88.